The molecular weight excluding hydrogens is 262 g/mol. The molecule has 20 heavy (non-hydrogen) atoms. The van der Waals surface area contributed by atoms with Gasteiger partial charge in [0.15, 0.2) is 0 Å². The van der Waals surface area contributed by atoms with Crippen LogP contribution in [0, 0.1) is 10.1 Å². The quantitative estimate of drug-likeness (QED) is 0.600. The van der Waals surface area contributed by atoms with E-state index in [2.05, 4.69) is 15.7 Å². The lowest BCUT2D eigenvalue weighted by Crippen LogP contribution is -2.48. The number of rotatable bonds is 5. The molecule has 2 N–H and O–H groups in total. The Morgan fingerprint density at radius 2 is 2.45 bits per heavy atom. The first-order valence-electron chi connectivity index (χ1n) is 6.62. The zero-order valence-electron chi connectivity index (χ0n) is 11.6. The van der Waals surface area contributed by atoms with E-state index in [4.69, 9.17) is 0 Å². The van der Waals surface area contributed by atoms with E-state index in [0.717, 1.165) is 25.6 Å². The molecule has 8 nitrogen and oxygen atoms in total. The molecule has 0 bridgehead atoms. The first kappa shape index (κ1) is 14.4. The highest BCUT2D eigenvalue weighted by atomic mass is 16.6. The van der Waals surface area contributed by atoms with Crippen molar-refractivity contribution in [2.75, 3.05) is 13.1 Å². The van der Waals surface area contributed by atoms with Gasteiger partial charge in [-0.25, -0.2) is 0 Å². The molecule has 1 unspecified atom stereocenters. The van der Waals surface area contributed by atoms with Gasteiger partial charge in [-0.3, -0.25) is 19.6 Å². The molecule has 1 aromatic rings. The van der Waals surface area contributed by atoms with E-state index in [9.17, 15) is 14.9 Å². The molecule has 110 valence electrons. The van der Waals surface area contributed by atoms with Crippen LogP contribution in [-0.4, -0.2) is 39.7 Å². The number of carbonyl (C=O) groups is 1. The maximum atomic E-state index is 12.2. The maximum absolute atomic E-state index is 12.2. The van der Waals surface area contributed by atoms with Crippen molar-refractivity contribution in [3.05, 3.63) is 22.5 Å². The topological polar surface area (TPSA) is 102 Å². The molecule has 1 aromatic heterocycles. The second-order valence-corrected chi connectivity index (χ2v) is 5.46. The van der Waals surface area contributed by atoms with Crippen molar-refractivity contribution in [3.63, 3.8) is 0 Å². The summed E-state index contributed by atoms with van der Waals surface area (Å²) in [5.74, 6) is -0.204. The van der Waals surface area contributed by atoms with Crippen molar-refractivity contribution in [1.29, 1.82) is 0 Å². The number of carbonyl (C=O) groups excluding carboxylic acids is 1. The molecule has 0 spiro atoms. The fraction of sp³-hybridized carbons (Fsp3) is 0.667. The van der Waals surface area contributed by atoms with E-state index in [1.54, 1.807) is 13.8 Å². The van der Waals surface area contributed by atoms with Crippen LogP contribution < -0.4 is 10.6 Å². The smallest absolute Gasteiger partial charge is 0.307 e. The van der Waals surface area contributed by atoms with E-state index in [1.165, 1.54) is 10.9 Å². The Labute approximate surface area is 116 Å². The monoisotopic (exact) mass is 281 g/mol. The largest absolute Gasteiger partial charge is 0.352 e. The molecular formula is C12H19N5O3. The molecule has 1 aliphatic rings. The molecule has 1 saturated heterocycles. The third-order valence-electron chi connectivity index (χ3n) is 3.58. The van der Waals surface area contributed by atoms with E-state index in [0.29, 0.717) is 12.6 Å². The van der Waals surface area contributed by atoms with Crippen molar-refractivity contribution < 1.29 is 9.72 Å². The fourth-order valence-electron chi connectivity index (χ4n) is 2.18. The van der Waals surface area contributed by atoms with Crippen LogP contribution in [0.3, 0.4) is 0 Å². The lowest BCUT2D eigenvalue weighted by atomic mass is 10.0. The first-order chi connectivity index (χ1) is 9.41. The van der Waals surface area contributed by atoms with Gasteiger partial charge in [0.1, 0.15) is 17.9 Å². The highest BCUT2D eigenvalue weighted by Crippen LogP contribution is 2.18. The number of nitro groups is 1. The zero-order chi connectivity index (χ0) is 14.8. The second kappa shape index (κ2) is 5.58. The Kier molecular flexibility index (Phi) is 4.03. The van der Waals surface area contributed by atoms with Crippen LogP contribution in [0.4, 0.5) is 5.69 Å². The Morgan fingerprint density at radius 3 is 3.00 bits per heavy atom. The molecule has 2 heterocycles. The molecule has 1 fully saturated rings. The van der Waals surface area contributed by atoms with E-state index in [-0.39, 0.29) is 11.6 Å². The van der Waals surface area contributed by atoms with Crippen LogP contribution >= 0.6 is 0 Å². The lowest BCUT2D eigenvalue weighted by molar-refractivity contribution is -0.385. The maximum Gasteiger partial charge on any atom is 0.307 e. The molecule has 1 atom stereocenters. The molecule has 1 aliphatic heterocycles. The third kappa shape index (κ3) is 2.96. The minimum Gasteiger partial charge on any atom is -0.352 e. The summed E-state index contributed by atoms with van der Waals surface area (Å²) in [5, 5.41) is 20.7. The summed E-state index contributed by atoms with van der Waals surface area (Å²) in [6.07, 6.45) is 4.59. The number of amides is 1. The van der Waals surface area contributed by atoms with Gasteiger partial charge in [0.25, 0.3) is 0 Å². The highest BCUT2D eigenvalue weighted by Gasteiger charge is 2.32. The molecule has 1 amide bonds. The van der Waals surface area contributed by atoms with Gasteiger partial charge < -0.3 is 10.6 Å². The Balaban J connectivity index is 1.99. The van der Waals surface area contributed by atoms with Gasteiger partial charge in [-0.2, -0.15) is 5.10 Å². The Bertz CT molecular complexity index is 505. The average molecular weight is 281 g/mol. The molecule has 0 aliphatic carbocycles. The van der Waals surface area contributed by atoms with Crippen LogP contribution in [0.1, 0.15) is 26.7 Å². The minimum absolute atomic E-state index is 0.122. The Hall–Kier alpha value is -1.96. The van der Waals surface area contributed by atoms with Crippen molar-refractivity contribution in [2.24, 2.45) is 0 Å². The summed E-state index contributed by atoms with van der Waals surface area (Å²) >= 11 is 0. The molecule has 0 saturated carbocycles. The van der Waals surface area contributed by atoms with Gasteiger partial charge in [-0.15, -0.1) is 0 Å². The van der Waals surface area contributed by atoms with Crippen molar-refractivity contribution >= 4 is 11.6 Å². The number of hydrogen-bond donors (Lipinski definition) is 2. The van der Waals surface area contributed by atoms with Gasteiger partial charge in [0, 0.05) is 12.6 Å². The Morgan fingerprint density at radius 1 is 1.70 bits per heavy atom. The van der Waals surface area contributed by atoms with Gasteiger partial charge in [0.2, 0.25) is 5.91 Å². The minimum atomic E-state index is -0.965. The number of nitrogens with zero attached hydrogens (tertiary/aromatic N) is 3. The fourth-order valence-corrected chi connectivity index (χ4v) is 2.18. The van der Waals surface area contributed by atoms with Crippen LogP contribution in [0.2, 0.25) is 0 Å². The standard InChI is InChI=1S/C12H19N5O3/c1-12(2,16-8-10(7-15-16)17(19)20)11(18)14-6-9-4-3-5-13-9/h7-9,13H,3-6H2,1-2H3,(H,14,18). The summed E-state index contributed by atoms with van der Waals surface area (Å²) < 4.78 is 1.32. The first-order valence-corrected chi connectivity index (χ1v) is 6.62. The van der Waals surface area contributed by atoms with Crippen LogP contribution in [-0.2, 0) is 10.3 Å². The lowest BCUT2D eigenvalue weighted by Gasteiger charge is -2.24. The van der Waals surface area contributed by atoms with Gasteiger partial charge in [0.05, 0.1) is 4.92 Å². The normalized spacial score (nSPS) is 19.0. The van der Waals surface area contributed by atoms with E-state index < -0.39 is 10.5 Å². The van der Waals surface area contributed by atoms with E-state index >= 15 is 0 Å². The average Bonchev–Trinajstić information content (AvgIpc) is 3.06. The molecule has 0 radical (unpaired) electrons. The SMILES string of the molecule is CC(C)(C(=O)NCC1CCCN1)n1cc([N+](=O)[O-])cn1. The summed E-state index contributed by atoms with van der Waals surface area (Å²) in [4.78, 5) is 22.4. The number of nitrogens with one attached hydrogen (secondary N) is 2. The summed E-state index contributed by atoms with van der Waals surface area (Å²) in [6, 6.07) is 0.307. The molecule has 8 heteroatoms. The number of aromatic nitrogens is 2. The summed E-state index contributed by atoms with van der Waals surface area (Å²) in [5.41, 5.74) is -1.09. The summed E-state index contributed by atoms with van der Waals surface area (Å²) in [7, 11) is 0. The highest BCUT2D eigenvalue weighted by molar-refractivity contribution is 5.83. The van der Waals surface area contributed by atoms with Crippen molar-refractivity contribution in [2.45, 2.75) is 38.3 Å². The van der Waals surface area contributed by atoms with Crippen LogP contribution in [0.25, 0.3) is 0 Å². The molecule has 2 rings (SSSR count). The van der Waals surface area contributed by atoms with Crippen molar-refractivity contribution in [3.8, 4) is 0 Å². The molecule has 0 aromatic carbocycles. The number of hydrogen-bond acceptors (Lipinski definition) is 5. The van der Waals surface area contributed by atoms with Gasteiger partial charge in [-0.05, 0) is 33.2 Å². The van der Waals surface area contributed by atoms with Gasteiger partial charge >= 0.3 is 5.69 Å². The summed E-state index contributed by atoms with van der Waals surface area (Å²) in [6.45, 7) is 4.91. The van der Waals surface area contributed by atoms with Crippen LogP contribution in [0.15, 0.2) is 12.4 Å². The van der Waals surface area contributed by atoms with Crippen LogP contribution in [0.5, 0.6) is 0 Å². The van der Waals surface area contributed by atoms with Crippen molar-refractivity contribution in [1.82, 2.24) is 20.4 Å². The predicted octanol–water partition coefficient (Wildman–Crippen LogP) is 0.395. The third-order valence-corrected chi connectivity index (χ3v) is 3.58. The zero-order valence-corrected chi connectivity index (χ0v) is 11.6. The predicted molar refractivity (Wildman–Crippen MR) is 72.2 cm³/mol. The van der Waals surface area contributed by atoms with E-state index in [1.807, 2.05) is 0 Å². The van der Waals surface area contributed by atoms with Gasteiger partial charge in [-0.1, -0.05) is 0 Å². The second-order valence-electron chi connectivity index (χ2n) is 5.46.